The zero-order valence-electron chi connectivity index (χ0n) is 34.1. The maximum atomic E-state index is 13.2. The first-order valence-electron chi connectivity index (χ1n) is 19.7. The summed E-state index contributed by atoms with van der Waals surface area (Å²) < 4.78 is 12.1. The minimum Gasteiger partial charge on any atom is -0.490 e. The molecule has 0 saturated heterocycles. The van der Waals surface area contributed by atoms with E-state index in [1.165, 1.54) is 0 Å². The van der Waals surface area contributed by atoms with Gasteiger partial charge in [-0.15, -0.1) is 0 Å². The molecule has 0 radical (unpaired) electrons. The highest BCUT2D eigenvalue weighted by Crippen LogP contribution is 2.26. The summed E-state index contributed by atoms with van der Waals surface area (Å²) in [6, 6.07) is 13.5. The lowest BCUT2D eigenvalue weighted by molar-refractivity contribution is -0.128. The van der Waals surface area contributed by atoms with Gasteiger partial charge in [-0.25, -0.2) is 0 Å². The van der Waals surface area contributed by atoms with Crippen LogP contribution in [0.25, 0.3) is 0 Å². The predicted molar refractivity (Wildman–Crippen MR) is 216 cm³/mol. The van der Waals surface area contributed by atoms with E-state index in [0.29, 0.717) is 22.6 Å². The van der Waals surface area contributed by atoms with Crippen LogP contribution >= 0.6 is 0 Å². The van der Waals surface area contributed by atoms with Crippen molar-refractivity contribution in [3.8, 4) is 11.5 Å². The number of amides is 4. The first-order chi connectivity index (χ1) is 25.7. The minimum atomic E-state index is -0.538. The number of carbonyl (C=O) groups excluding carboxylic acids is 4. The van der Waals surface area contributed by atoms with Gasteiger partial charge in [-0.1, -0.05) is 90.1 Å². The van der Waals surface area contributed by atoms with Crippen LogP contribution in [0.2, 0.25) is 0 Å². The molecule has 0 spiro atoms. The van der Waals surface area contributed by atoms with Crippen LogP contribution in [0.4, 0.5) is 0 Å². The van der Waals surface area contributed by atoms with Crippen molar-refractivity contribution in [1.29, 1.82) is 0 Å². The van der Waals surface area contributed by atoms with Crippen molar-refractivity contribution < 1.29 is 28.7 Å². The second-order valence-corrected chi connectivity index (χ2v) is 15.2. The molecule has 4 amide bonds. The molecule has 2 aliphatic heterocycles. The van der Waals surface area contributed by atoms with Gasteiger partial charge in [0.15, 0.2) is 0 Å². The summed E-state index contributed by atoms with van der Waals surface area (Å²) in [7, 11) is 3.39. The zero-order chi connectivity index (χ0) is 39.9. The highest BCUT2D eigenvalue weighted by Gasteiger charge is 2.34. The van der Waals surface area contributed by atoms with Crippen LogP contribution in [0.1, 0.15) is 115 Å². The molecule has 54 heavy (non-hydrogen) atoms. The SMILES string of the molecule is CC[C@H]1C/C=C/C[C@H](C)Oc2ccccc2C(=O)N(C)[C@@H](C(C)C)C(=O)N1.CC[C@H]1C/C=C\C[C@H](C)Oc2ccccc2C(=O)N(C)[C@@H](C(C)C)C(=O)N1. The summed E-state index contributed by atoms with van der Waals surface area (Å²) in [4.78, 5) is 55.3. The second kappa shape index (κ2) is 21.3. The number of ether oxygens (including phenoxy) is 2. The van der Waals surface area contributed by atoms with Gasteiger partial charge in [0.2, 0.25) is 11.8 Å². The summed E-state index contributed by atoms with van der Waals surface area (Å²) in [5.41, 5.74) is 0.969. The molecule has 10 nitrogen and oxygen atoms in total. The Morgan fingerprint density at radius 2 is 0.926 bits per heavy atom. The van der Waals surface area contributed by atoms with E-state index in [9.17, 15) is 19.2 Å². The monoisotopic (exact) mass is 744 g/mol. The van der Waals surface area contributed by atoms with E-state index < -0.39 is 12.1 Å². The average molecular weight is 745 g/mol. The van der Waals surface area contributed by atoms with Crippen LogP contribution in [-0.4, -0.2) is 83.9 Å². The number of hydrogen-bond donors (Lipinski definition) is 2. The maximum absolute atomic E-state index is 13.2. The van der Waals surface area contributed by atoms with Crippen molar-refractivity contribution in [3.63, 3.8) is 0 Å². The Kier molecular flexibility index (Phi) is 17.3. The third-order valence-electron chi connectivity index (χ3n) is 9.96. The van der Waals surface area contributed by atoms with Crippen molar-refractivity contribution >= 4 is 23.6 Å². The standard InChI is InChI=1S/2C22H32N2O3/c2*1-6-17-12-8-7-11-16(4)27-19-14-10-9-13-18(19)22(26)24(5)20(15(2)3)21(25)23-17/h2*7-10,13-17,20H,6,11-12H2,1-5H3,(H,23,25)/b8-7+;8-7-/t2*16-,17-,20-/m00/s1. The molecule has 0 aliphatic carbocycles. The maximum Gasteiger partial charge on any atom is 0.258 e. The number of carbonyl (C=O) groups is 4. The Morgan fingerprint density at radius 1 is 0.593 bits per heavy atom. The van der Waals surface area contributed by atoms with E-state index in [4.69, 9.17) is 9.47 Å². The molecule has 2 aliphatic rings. The van der Waals surface area contributed by atoms with E-state index in [0.717, 1.165) is 38.5 Å². The largest absolute Gasteiger partial charge is 0.490 e. The van der Waals surface area contributed by atoms with Crippen LogP contribution in [0, 0.1) is 11.8 Å². The lowest BCUT2D eigenvalue weighted by atomic mass is 9.99. The molecule has 2 aromatic rings. The van der Waals surface area contributed by atoms with E-state index in [-0.39, 0.29) is 59.8 Å². The third-order valence-corrected chi connectivity index (χ3v) is 9.96. The molecule has 2 aromatic carbocycles. The van der Waals surface area contributed by atoms with Gasteiger partial charge in [0, 0.05) is 39.0 Å². The van der Waals surface area contributed by atoms with E-state index in [1.807, 2.05) is 77.9 Å². The lowest BCUT2D eigenvalue weighted by Crippen LogP contribution is -2.52. The van der Waals surface area contributed by atoms with Crippen molar-refractivity contribution in [2.24, 2.45) is 11.8 Å². The van der Waals surface area contributed by atoms with Gasteiger partial charge in [-0.05, 0) is 75.6 Å². The van der Waals surface area contributed by atoms with Crippen molar-refractivity contribution in [3.05, 3.63) is 84.0 Å². The Bertz CT molecular complexity index is 1490. The number of hydrogen-bond acceptors (Lipinski definition) is 6. The topological polar surface area (TPSA) is 117 Å². The second-order valence-electron chi connectivity index (χ2n) is 15.2. The Labute approximate surface area is 323 Å². The predicted octanol–water partition coefficient (Wildman–Crippen LogP) is 7.59. The summed E-state index contributed by atoms with van der Waals surface area (Å²) in [5, 5.41) is 6.25. The Morgan fingerprint density at radius 3 is 1.26 bits per heavy atom. The molecule has 2 heterocycles. The van der Waals surface area contributed by atoms with Gasteiger partial charge in [0.25, 0.3) is 11.8 Å². The molecule has 0 unspecified atom stereocenters. The van der Waals surface area contributed by atoms with Crippen molar-refractivity contribution in [1.82, 2.24) is 20.4 Å². The molecule has 0 aromatic heterocycles. The van der Waals surface area contributed by atoms with Gasteiger partial charge in [-0.3, -0.25) is 19.2 Å². The molecular formula is C44H64N4O6. The molecule has 10 heteroatoms. The Hall–Kier alpha value is -4.60. The summed E-state index contributed by atoms with van der Waals surface area (Å²) in [5.74, 6) is 0.483. The molecule has 296 valence electrons. The average Bonchev–Trinajstić information content (AvgIpc) is 3.13. The fourth-order valence-corrected chi connectivity index (χ4v) is 6.83. The molecule has 4 rings (SSSR count). The number of fused-ring (bicyclic) bond motifs is 2. The number of para-hydroxylation sites is 2. The molecular weight excluding hydrogens is 681 g/mol. The quantitative estimate of drug-likeness (QED) is 0.312. The number of benzene rings is 2. The summed E-state index contributed by atoms with van der Waals surface area (Å²) >= 11 is 0. The summed E-state index contributed by atoms with van der Waals surface area (Å²) in [6.45, 7) is 16.0. The minimum absolute atomic E-state index is 0.00749. The van der Waals surface area contributed by atoms with Crippen molar-refractivity contribution in [2.75, 3.05) is 14.1 Å². The van der Waals surface area contributed by atoms with Crippen LogP contribution in [0.15, 0.2) is 72.8 Å². The van der Waals surface area contributed by atoms with Crippen LogP contribution in [0.5, 0.6) is 11.5 Å². The first-order valence-corrected chi connectivity index (χ1v) is 19.7. The van der Waals surface area contributed by atoms with Gasteiger partial charge < -0.3 is 29.9 Å². The van der Waals surface area contributed by atoms with E-state index in [2.05, 4.69) is 48.8 Å². The van der Waals surface area contributed by atoms with Crippen LogP contribution in [-0.2, 0) is 9.59 Å². The van der Waals surface area contributed by atoms with Gasteiger partial charge in [0.05, 0.1) is 23.3 Å². The number of rotatable bonds is 4. The van der Waals surface area contributed by atoms with Crippen LogP contribution in [0.3, 0.4) is 0 Å². The number of nitrogens with one attached hydrogen (secondary N) is 2. The summed E-state index contributed by atoms with van der Waals surface area (Å²) in [6.07, 6.45) is 13.0. The number of nitrogens with zero attached hydrogens (tertiary/aromatic N) is 2. The molecule has 6 atom stereocenters. The highest BCUT2D eigenvalue weighted by molar-refractivity contribution is 6.00. The van der Waals surface area contributed by atoms with Crippen molar-refractivity contribution in [2.45, 2.75) is 130 Å². The number of likely N-dealkylation sites (N-methyl/N-ethyl adjacent to an activating group) is 2. The first kappa shape index (κ1) is 43.8. The fraction of sp³-hybridized carbons (Fsp3) is 0.545. The van der Waals surface area contributed by atoms with E-state index in [1.54, 1.807) is 36.0 Å². The molecule has 2 N–H and O–H groups in total. The van der Waals surface area contributed by atoms with Crippen LogP contribution < -0.4 is 20.1 Å². The smallest absolute Gasteiger partial charge is 0.258 e. The molecule has 0 saturated carbocycles. The van der Waals surface area contributed by atoms with Gasteiger partial charge >= 0.3 is 0 Å². The fourth-order valence-electron chi connectivity index (χ4n) is 6.83. The molecule has 0 bridgehead atoms. The van der Waals surface area contributed by atoms with Gasteiger partial charge in [-0.2, -0.15) is 0 Å². The van der Waals surface area contributed by atoms with Gasteiger partial charge in [0.1, 0.15) is 23.6 Å². The third kappa shape index (κ3) is 12.2. The normalized spacial score (nSPS) is 26.0. The molecule has 0 fully saturated rings. The van der Waals surface area contributed by atoms with E-state index >= 15 is 0 Å². The Balaban J connectivity index is 0.000000290. The lowest BCUT2D eigenvalue weighted by Gasteiger charge is -2.32. The zero-order valence-corrected chi connectivity index (χ0v) is 34.1. The highest BCUT2D eigenvalue weighted by atomic mass is 16.5.